The molecule has 1 aliphatic heterocycles. The van der Waals surface area contributed by atoms with Crippen molar-refractivity contribution in [2.75, 3.05) is 19.7 Å². The molecule has 0 bridgehead atoms. The molecule has 0 unspecified atom stereocenters. The maximum absolute atomic E-state index is 9.18. The normalized spacial score (nSPS) is 21.7. The predicted molar refractivity (Wildman–Crippen MR) is 55.7 cm³/mol. The van der Waals surface area contributed by atoms with E-state index in [1.165, 1.54) is 0 Å². The summed E-state index contributed by atoms with van der Waals surface area (Å²) in [5, 5.41) is 9.18. The van der Waals surface area contributed by atoms with E-state index in [9.17, 15) is 5.11 Å². The van der Waals surface area contributed by atoms with Gasteiger partial charge in [0.05, 0.1) is 6.61 Å². The lowest BCUT2D eigenvalue weighted by molar-refractivity contribution is -0.0616. The Morgan fingerprint density at radius 2 is 1.62 bits per heavy atom. The van der Waals surface area contributed by atoms with E-state index in [1.807, 2.05) is 0 Å². The molecule has 2 nitrogen and oxygen atoms in total. The second kappa shape index (κ2) is 3.25. The number of nitrogens with zero attached hydrogens (tertiary/aromatic N) is 1. The highest BCUT2D eigenvalue weighted by Gasteiger charge is 2.41. The fourth-order valence-electron chi connectivity index (χ4n) is 1.62. The molecule has 0 aliphatic carbocycles. The van der Waals surface area contributed by atoms with Crippen molar-refractivity contribution in [2.45, 2.75) is 40.2 Å². The number of hydrogen-bond donors (Lipinski definition) is 1. The van der Waals surface area contributed by atoms with E-state index in [1.54, 1.807) is 0 Å². The van der Waals surface area contributed by atoms with Gasteiger partial charge in [0.2, 0.25) is 0 Å². The van der Waals surface area contributed by atoms with Gasteiger partial charge in [-0.05, 0) is 25.2 Å². The van der Waals surface area contributed by atoms with Crippen LogP contribution >= 0.6 is 0 Å². The minimum absolute atomic E-state index is 0.0260. The Labute approximate surface area is 81.9 Å². The molecule has 1 aliphatic rings. The second-order valence-corrected chi connectivity index (χ2v) is 5.94. The zero-order chi connectivity index (χ0) is 10.3. The van der Waals surface area contributed by atoms with E-state index in [0.29, 0.717) is 5.41 Å². The maximum atomic E-state index is 9.18. The molecule has 0 atom stereocenters. The van der Waals surface area contributed by atoms with E-state index in [-0.39, 0.29) is 12.1 Å². The molecule has 0 radical (unpaired) electrons. The van der Waals surface area contributed by atoms with E-state index in [2.05, 4.69) is 39.5 Å². The van der Waals surface area contributed by atoms with Gasteiger partial charge in [-0.15, -0.1) is 0 Å². The lowest BCUT2D eigenvalue weighted by atomic mass is 9.74. The second-order valence-electron chi connectivity index (χ2n) is 5.94. The van der Waals surface area contributed by atoms with Gasteiger partial charge in [-0.3, -0.25) is 4.90 Å². The first-order valence-corrected chi connectivity index (χ1v) is 5.13. The molecule has 1 N–H and O–H groups in total. The van der Waals surface area contributed by atoms with E-state index < -0.39 is 0 Å². The van der Waals surface area contributed by atoms with Gasteiger partial charge >= 0.3 is 0 Å². The van der Waals surface area contributed by atoms with Gasteiger partial charge in [0.25, 0.3) is 0 Å². The van der Waals surface area contributed by atoms with Crippen LogP contribution in [0.1, 0.15) is 34.6 Å². The van der Waals surface area contributed by atoms with Crippen molar-refractivity contribution in [1.29, 1.82) is 0 Å². The van der Waals surface area contributed by atoms with Crippen molar-refractivity contribution in [2.24, 2.45) is 11.3 Å². The largest absolute Gasteiger partial charge is 0.394 e. The standard InChI is InChI=1S/C11H23NO/c1-10(2,3)9-6-12(7-9)11(4,5)8-13/h9,13H,6-8H2,1-5H3. The van der Waals surface area contributed by atoms with Crippen molar-refractivity contribution >= 4 is 0 Å². The third-order valence-electron chi connectivity index (χ3n) is 3.35. The Balaban J connectivity index is 2.42. The number of rotatable bonds is 2. The summed E-state index contributed by atoms with van der Waals surface area (Å²) in [4.78, 5) is 2.36. The van der Waals surface area contributed by atoms with Crippen molar-refractivity contribution in [3.63, 3.8) is 0 Å². The molecule has 1 heterocycles. The topological polar surface area (TPSA) is 23.5 Å². The number of likely N-dealkylation sites (tertiary alicyclic amines) is 1. The van der Waals surface area contributed by atoms with Gasteiger partial charge in [-0.2, -0.15) is 0 Å². The van der Waals surface area contributed by atoms with Gasteiger partial charge in [0.15, 0.2) is 0 Å². The van der Waals surface area contributed by atoms with Crippen LogP contribution in [-0.4, -0.2) is 35.2 Å². The van der Waals surface area contributed by atoms with Gasteiger partial charge in [-0.25, -0.2) is 0 Å². The molecule has 0 amide bonds. The van der Waals surface area contributed by atoms with Crippen LogP contribution in [-0.2, 0) is 0 Å². The highest BCUT2D eigenvalue weighted by molar-refractivity contribution is 4.95. The van der Waals surface area contributed by atoms with Crippen molar-refractivity contribution in [3.05, 3.63) is 0 Å². The number of aliphatic hydroxyl groups is 1. The maximum Gasteiger partial charge on any atom is 0.0610 e. The lowest BCUT2D eigenvalue weighted by Crippen LogP contribution is -2.61. The molecule has 1 rings (SSSR count). The molecular formula is C11H23NO. The molecule has 0 aromatic rings. The van der Waals surface area contributed by atoms with Gasteiger partial charge in [-0.1, -0.05) is 20.8 Å². The highest BCUT2D eigenvalue weighted by atomic mass is 16.3. The summed E-state index contributed by atoms with van der Waals surface area (Å²) in [5.41, 5.74) is 0.393. The molecule has 0 aromatic heterocycles. The summed E-state index contributed by atoms with van der Waals surface area (Å²) in [6.45, 7) is 13.6. The van der Waals surface area contributed by atoms with Crippen LogP contribution in [0.15, 0.2) is 0 Å². The van der Waals surface area contributed by atoms with Crippen LogP contribution in [0.3, 0.4) is 0 Å². The Kier molecular flexibility index (Phi) is 2.75. The fraction of sp³-hybridized carbons (Fsp3) is 1.00. The first-order chi connectivity index (χ1) is 5.77. The Bertz CT molecular complexity index is 175. The minimum atomic E-state index is -0.0260. The van der Waals surface area contributed by atoms with E-state index in [0.717, 1.165) is 19.0 Å². The van der Waals surface area contributed by atoms with Crippen molar-refractivity contribution < 1.29 is 5.11 Å². The Hall–Kier alpha value is -0.0800. The first kappa shape index (κ1) is 11.0. The first-order valence-electron chi connectivity index (χ1n) is 5.13. The average Bonchev–Trinajstić information content (AvgIpc) is 1.79. The summed E-state index contributed by atoms with van der Waals surface area (Å²) in [6, 6.07) is 0. The summed E-state index contributed by atoms with van der Waals surface area (Å²) >= 11 is 0. The molecule has 0 aromatic carbocycles. The molecular weight excluding hydrogens is 162 g/mol. The SMILES string of the molecule is CC(C)(C)C1CN(C(C)(C)CO)C1. The smallest absolute Gasteiger partial charge is 0.0610 e. The Morgan fingerprint density at radius 3 is 1.92 bits per heavy atom. The van der Waals surface area contributed by atoms with Crippen LogP contribution in [0.2, 0.25) is 0 Å². The van der Waals surface area contributed by atoms with E-state index in [4.69, 9.17) is 0 Å². The van der Waals surface area contributed by atoms with Crippen LogP contribution in [0, 0.1) is 11.3 Å². The zero-order valence-electron chi connectivity index (χ0n) is 9.59. The summed E-state index contributed by atoms with van der Waals surface area (Å²) < 4.78 is 0. The van der Waals surface area contributed by atoms with Crippen molar-refractivity contribution in [1.82, 2.24) is 4.90 Å². The van der Waals surface area contributed by atoms with Crippen LogP contribution in [0.25, 0.3) is 0 Å². The van der Waals surface area contributed by atoms with Crippen LogP contribution < -0.4 is 0 Å². The summed E-state index contributed by atoms with van der Waals surface area (Å²) in [5.74, 6) is 0.790. The quantitative estimate of drug-likeness (QED) is 0.708. The lowest BCUT2D eigenvalue weighted by Gasteiger charge is -2.52. The molecule has 13 heavy (non-hydrogen) atoms. The van der Waals surface area contributed by atoms with Crippen LogP contribution in [0.4, 0.5) is 0 Å². The number of aliphatic hydroxyl groups excluding tert-OH is 1. The Morgan fingerprint density at radius 1 is 1.15 bits per heavy atom. The molecule has 2 heteroatoms. The molecule has 1 saturated heterocycles. The van der Waals surface area contributed by atoms with Crippen molar-refractivity contribution in [3.8, 4) is 0 Å². The van der Waals surface area contributed by atoms with Gasteiger partial charge in [0, 0.05) is 18.6 Å². The predicted octanol–water partition coefficient (Wildman–Crippen LogP) is 1.74. The third-order valence-corrected chi connectivity index (χ3v) is 3.35. The monoisotopic (exact) mass is 185 g/mol. The van der Waals surface area contributed by atoms with Crippen LogP contribution in [0.5, 0.6) is 0 Å². The summed E-state index contributed by atoms with van der Waals surface area (Å²) in [6.07, 6.45) is 0. The molecule has 0 spiro atoms. The van der Waals surface area contributed by atoms with Gasteiger partial charge in [0.1, 0.15) is 0 Å². The summed E-state index contributed by atoms with van der Waals surface area (Å²) in [7, 11) is 0. The fourth-order valence-corrected chi connectivity index (χ4v) is 1.62. The molecule has 0 saturated carbocycles. The molecule has 1 fully saturated rings. The minimum Gasteiger partial charge on any atom is -0.394 e. The van der Waals surface area contributed by atoms with E-state index >= 15 is 0 Å². The highest BCUT2D eigenvalue weighted by Crippen LogP contribution is 2.36. The average molecular weight is 185 g/mol. The molecule has 78 valence electrons. The third kappa shape index (κ3) is 2.23. The van der Waals surface area contributed by atoms with Gasteiger partial charge < -0.3 is 5.11 Å². The number of hydrogen-bond acceptors (Lipinski definition) is 2. The zero-order valence-corrected chi connectivity index (χ0v) is 9.59.